The standard InChI is InChI=1S/C8H11NO/c10-8-5-4-6-2-1-3-7(6)9-8/h1-5H2,(H,9,10). The summed E-state index contributed by atoms with van der Waals surface area (Å²) in [6.07, 6.45) is 5.28. The van der Waals surface area contributed by atoms with Gasteiger partial charge in [-0.3, -0.25) is 4.79 Å². The SMILES string of the molecule is O=C1CCC2=C(CCC2)N1. The number of amides is 1. The zero-order valence-corrected chi connectivity index (χ0v) is 5.94. The van der Waals surface area contributed by atoms with Gasteiger partial charge in [0.15, 0.2) is 0 Å². The van der Waals surface area contributed by atoms with Crippen molar-refractivity contribution in [2.75, 3.05) is 0 Å². The average Bonchev–Trinajstić information content (AvgIpc) is 2.33. The minimum absolute atomic E-state index is 0.209. The van der Waals surface area contributed by atoms with Gasteiger partial charge in [0.05, 0.1) is 0 Å². The second kappa shape index (κ2) is 2.11. The van der Waals surface area contributed by atoms with E-state index in [-0.39, 0.29) is 5.91 Å². The molecule has 0 spiro atoms. The van der Waals surface area contributed by atoms with Gasteiger partial charge >= 0.3 is 0 Å². The lowest BCUT2D eigenvalue weighted by Gasteiger charge is -2.14. The van der Waals surface area contributed by atoms with Gasteiger partial charge in [-0.1, -0.05) is 5.57 Å². The maximum Gasteiger partial charge on any atom is 0.224 e. The Balaban J connectivity index is 2.21. The largest absolute Gasteiger partial charge is 0.330 e. The van der Waals surface area contributed by atoms with Gasteiger partial charge in [-0.05, 0) is 25.7 Å². The minimum atomic E-state index is 0.209. The summed E-state index contributed by atoms with van der Waals surface area (Å²) < 4.78 is 0. The second-order valence-electron chi connectivity index (χ2n) is 2.98. The molecule has 2 rings (SSSR count). The van der Waals surface area contributed by atoms with E-state index in [1.54, 1.807) is 0 Å². The second-order valence-corrected chi connectivity index (χ2v) is 2.98. The molecular formula is C8H11NO. The Bertz CT molecular complexity index is 205. The Hall–Kier alpha value is -0.790. The first-order valence-corrected chi connectivity index (χ1v) is 3.87. The van der Waals surface area contributed by atoms with Crippen LogP contribution in [0.3, 0.4) is 0 Å². The molecule has 0 saturated carbocycles. The molecule has 2 heteroatoms. The molecule has 1 aliphatic heterocycles. The number of hydrogen-bond donors (Lipinski definition) is 1. The quantitative estimate of drug-likeness (QED) is 0.536. The third kappa shape index (κ3) is 0.838. The first-order valence-electron chi connectivity index (χ1n) is 3.87. The van der Waals surface area contributed by atoms with Crippen LogP contribution in [0, 0.1) is 0 Å². The zero-order valence-electron chi connectivity index (χ0n) is 5.94. The van der Waals surface area contributed by atoms with Crippen LogP contribution in [0.5, 0.6) is 0 Å². The molecule has 2 nitrogen and oxygen atoms in total. The van der Waals surface area contributed by atoms with Crippen LogP contribution < -0.4 is 5.32 Å². The van der Waals surface area contributed by atoms with Crippen molar-refractivity contribution in [3.05, 3.63) is 11.3 Å². The molecule has 0 atom stereocenters. The number of rotatable bonds is 0. The molecule has 0 aromatic carbocycles. The summed E-state index contributed by atoms with van der Waals surface area (Å²) in [5.74, 6) is 0.209. The fraction of sp³-hybridized carbons (Fsp3) is 0.625. The predicted octanol–water partition coefficient (Wildman–Crippen LogP) is 1.33. The van der Waals surface area contributed by atoms with E-state index in [9.17, 15) is 4.79 Å². The molecule has 2 aliphatic rings. The van der Waals surface area contributed by atoms with Crippen molar-refractivity contribution in [3.63, 3.8) is 0 Å². The monoisotopic (exact) mass is 137 g/mol. The summed E-state index contributed by atoms with van der Waals surface area (Å²) in [5.41, 5.74) is 2.73. The van der Waals surface area contributed by atoms with E-state index in [0.717, 1.165) is 12.8 Å². The smallest absolute Gasteiger partial charge is 0.224 e. The molecular weight excluding hydrogens is 126 g/mol. The van der Waals surface area contributed by atoms with Gasteiger partial charge in [0, 0.05) is 12.1 Å². The first kappa shape index (κ1) is 5.96. The summed E-state index contributed by atoms with van der Waals surface area (Å²) in [6.45, 7) is 0. The molecule has 1 amide bonds. The third-order valence-electron chi connectivity index (χ3n) is 2.28. The Morgan fingerprint density at radius 3 is 2.90 bits per heavy atom. The maximum atomic E-state index is 10.9. The Labute approximate surface area is 60.3 Å². The van der Waals surface area contributed by atoms with Gasteiger partial charge in [-0.25, -0.2) is 0 Å². The molecule has 1 heterocycles. The van der Waals surface area contributed by atoms with E-state index in [1.807, 2.05) is 0 Å². The molecule has 10 heavy (non-hydrogen) atoms. The van der Waals surface area contributed by atoms with Crippen molar-refractivity contribution in [1.29, 1.82) is 0 Å². The number of hydrogen-bond acceptors (Lipinski definition) is 1. The van der Waals surface area contributed by atoms with Gasteiger partial charge in [-0.2, -0.15) is 0 Å². The lowest BCUT2D eigenvalue weighted by Crippen LogP contribution is -2.25. The lowest BCUT2D eigenvalue weighted by molar-refractivity contribution is -0.120. The van der Waals surface area contributed by atoms with Crippen LogP contribution in [0.2, 0.25) is 0 Å². The van der Waals surface area contributed by atoms with E-state index < -0.39 is 0 Å². The first-order chi connectivity index (χ1) is 4.86. The lowest BCUT2D eigenvalue weighted by atomic mass is 10.1. The van der Waals surface area contributed by atoms with Crippen LogP contribution in [0.1, 0.15) is 32.1 Å². The third-order valence-corrected chi connectivity index (χ3v) is 2.28. The highest BCUT2D eigenvalue weighted by molar-refractivity contribution is 5.79. The van der Waals surface area contributed by atoms with E-state index in [1.165, 1.54) is 24.1 Å². The summed E-state index contributed by atoms with van der Waals surface area (Å²) in [5, 5.41) is 2.92. The molecule has 1 aliphatic carbocycles. The van der Waals surface area contributed by atoms with E-state index in [4.69, 9.17) is 0 Å². The van der Waals surface area contributed by atoms with Gasteiger partial charge in [0.25, 0.3) is 0 Å². The highest BCUT2D eigenvalue weighted by atomic mass is 16.1. The van der Waals surface area contributed by atoms with Crippen LogP contribution in [0.15, 0.2) is 11.3 Å². The summed E-state index contributed by atoms with van der Waals surface area (Å²) >= 11 is 0. The van der Waals surface area contributed by atoms with Gasteiger partial charge < -0.3 is 5.32 Å². The van der Waals surface area contributed by atoms with E-state index in [0.29, 0.717) is 6.42 Å². The topological polar surface area (TPSA) is 29.1 Å². The highest BCUT2D eigenvalue weighted by Crippen LogP contribution is 2.29. The number of carbonyl (C=O) groups excluding carboxylic acids is 1. The molecule has 0 fully saturated rings. The fourth-order valence-corrected chi connectivity index (χ4v) is 1.73. The molecule has 0 aromatic heterocycles. The summed E-state index contributed by atoms with van der Waals surface area (Å²) in [7, 11) is 0. The van der Waals surface area contributed by atoms with Crippen molar-refractivity contribution >= 4 is 5.91 Å². The van der Waals surface area contributed by atoms with Crippen LogP contribution in [0.25, 0.3) is 0 Å². The van der Waals surface area contributed by atoms with Crippen LogP contribution in [-0.4, -0.2) is 5.91 Å². The summed E-state index contributed by atoms with van der Waals surface area (Å²) in [4.78, 5) is 10.9. The normalized spacial score (nSPS) is 24.6. The van der Waals surface area contributed by atoms with Crippen molar-refractivity contribution in [3.8, 4) is 0 Å². The van der Waals surface area contributed by atoms with Crippen LogP contribution in [-0.2, 0) is 4.79 Å². The molecule has 0 bridgehead atoms. The maximum absolute atomic E-state index is 10.9. The van der Waals surface area contributed by atoms with Crippen molar-refractivity contribution in [1.82, 2.24) is 5.32 Å². The fourth-order valence-electron chi connectivity index (χ4n) is 1.73. The molecule has 0 radical (unpaired) electrons. The van der Waals surface area contributed by atoms with Gasteiger partial charge in [0.1, 0.15) is 0 Å². The van der Waals surface area contributed by atoms with Crippen molar-refractivity contribution < 1.29 is 4.79 Å². The Morgan fingerprint density at radius 1 is 1.10 bits per heavy atom. The number of carbonyl (C=O) groups is 1. The molecule has 1 N–H and O–H groups in total. The van der Waals surface area contributed by atoms with Crippen molar-refractivity contribution in [2.45, 2.75) is 32.1 Å². The molecule has 0 unspecified atom stereocenters. The predicted molar refractivity (Wildman–Crippen MR) is 38.3 cm³/mol. The van der Waals surface area contributed by atoms with Gasteiger partial charge in [-0.15, -0.1) is 0 Å². The van der Waals surface area contributed by atoms with Gasteiger partial charge in [0.2, 0.25) is 5.91 Å². The average molecular weight is 137 g/mol. The number of allylic oxidation sites excluding steroid dienone is 2. The van der Waals surface area contributed by atoms with Crippen molar-refractivity contribution in [2.24, 2.45) is 0 Å². The Kier molecular flexibility index (Phi) is 1.26. The van der Waals surface area contributed by atoms with Crippen LogP contribution >= 0.6 is 0 Å². The zero-order chi connectivity index (χ0) is 6.97. The van der Waals surface area contributed by atoms with E-state index >= 15 is 0 Å². The number of nitrogens with one attached hydrogen (secondary N) is 1. The summed E-state index contributed by atoms with van der Waals surface area (Å²) in [6, 6.07) is 0. The molecule has 0 saturated heterocycles. The molecule has 54 valence electrons. The van der Waals surface area contributed by atoms with Crippen LogP contribution in [0.4, 0.5) is 0 Å². The highest BCUT2D eigenvalue weighted by Gasteiger charge is 2.20. The molecule has 0 aromatic rings. The minimum Gasteiger partial charge on any atom is -0.330 e. The van der Waals surface area contributed by atoms with E-state index in [2.05, 4.69) is 5.32 Å². The Morgan fingerprint density at radius 2 is 2.00 bits per heavy atom.